The molecule has 7 heteroatoms. The topological polar surface area (TPSA) is 103 Å². The zero-order chi connectivity index (χ0) is 15.4. The van der Waals surface area contributed by atoms with Crippen molar-refractivity contribution in [2.24, 2.45) is 0 Å². The number of aryl methyl sites for hydroxylation is 1. The van der Waals surface area contributed by atoms with Crippen LogP contribution >= 0.6 is 0 Å². The zero-order valence-electron chi connectivity index (χ0n) is 12.0. The highest BCUT2D eigenvalue weighted by atomic mass is 16.4. The van der Waals surface area contributed by atoms with E-state index in [0.29, 0.717) is 18.1 Å². The number of carbonyl (C=O) groups excluding carboxylic acids is 1. The summed E-state index contributed by atoms with van der Waals surface area (Å²) >= 11 is 0. The van der Waals surface area contributed by atoms with Gasteiger partial charge in [-0.25, -0.2) is 9.59 Å². The first-order valence-electron chi connectivity index (χ1n) is 7.01. The number of piperidine rings is 1. The Morgan fingerprint density at radius 1 is 1.48 bits per heavy atom. The second-order valence-electron chi connectivity index (χ2n) is 5.17. The summed E-state index contributed by atoms with van der Waals surface area (Å²) in [5, 5.41) is 20.9. The third-order valence-electron chi connectivity index (χ3n) is 3.71. The van der Waals surface area contributed by atoms with E-state index >= 15 is 0 Å². The number of furan rings is 1. The highest BCUT2D eigenvalue weighted by Gasteiger charge is 2.26. The molecule has 0 saturated carbocycles. The fourth-order valence-electron chi connectivity index (χ4n) is 2.57. The van der Waals surface area contributed by atoms with Gasteiger partial charge >= 0.3 is 12.0 Å². The Bertz CT molecular complexity index is 525. The molecule has 1 fully saturated rings. The number of carboxylic acid groups (broad SMARTS) is 1. The minimum absolute atomic E-state index is 0.0452. The van der Waals surface area contributed by atoms with Crippen molar-refractivity contribution in [3.05, 3.63) is 23.2 Å². The molecule has 1 aliphatic heterocycles. The molecule has 1 atom stereocenters. The number of carboxylic acids is 1. The van der Waals surface area contributed by atoms with Crippen LogP contribution in [0.4, 0.5) is 4.79 Å². The number of aliphatic hydroxyl groups is 1. The molecule has 0 radical (unpaired) electrons. The SMILES string of the molecule is Cc1oc(CNC(=O)N2CCCCC2CO)cc1C(=O)O. The molecular weight excluding hydrogens is 276 g/mol. The van der Waals surface area contributed by atoms with Crippen molar-refractivity contribution in [1.82, 2.24) is 10.2 Å². The quantitative estimate of drug-likeness (QED) is 0.778. The number of nitrogens with zero attached hydrogens (tertiary/aromatic N) is 1. The molecule has 21 heavy (non-hydrogen) atoms. The lowest BCUT2D eigenvalue weighted by Gasteiger charge is -2.34. The number of amides is 2. The van der Waals surface area contributed by atoms with Gasteiger partial charge in [-0.2, -0.15) is 0 Å². The summed E-state index contributed by atoms with van der Waals surface area (Å²) < 4.78 is 5.30. The van der Waals surface area contributed by atoms with Crippen molar-refractivity contribution < 1.29 is 24.2 Å². The normalized spacial score (nSPS) is 18.6. The van der Waals surface area contributed by atoms with Gasteiger partial charge in [-0.1, -0.05) is 0 Å². The second kappa shape index (κ2) is 6.62. The van der Waals surface area contributed by atoms with Crippen LogP contribution in [0.2, 0.25) is 0 Å². The van der Waals surface area contributed by atoms with Gasteiger partial charge in [0.05, 0.1) is 19.2 Å². The monoisotopic (exact) mass is 296 g/mol. The van der Waals surface area contributed by atoms with Crippen LogP contribution < -0.4 is 5.32 Å². The number of likely N-dealkylation sites (tertiary alicyclic amines) is 1. The standard InChI is InChI=1S/C14H20N2O5/c1-9-12(13(18)19)6-11(21-9)7-15-14(20)16-5-3-2-4-10(16)8-17/h6,10,17H,2-5,7-8H2,1H3,(H,15,20)(H,18,19). The van der Waals surface area contributed by atoms with Crippen molar-refractivity contribution in [2.75, 3.05) is 13.2 Å². The Hall–Kier alpha value is -2.02. The largest absolute Gasteiger partial charge is 0.478 e. The summed E-state index contributed by atoms with van der Waals surface area (Å²) in [5.74, 6) is -0.334. The van der Waals surface area contributed by atoms with Crippen LogP contribution in [0.5, 0.6) is 0 Å². The minimum Gasteiger partial charge on any atom is -0.478 e. The van der Waals surface area contributed by atoms with Gasteiger partial charge in [0.2, 0.25) is 0 Å². The fraction of sp³-hybridized carbons (Fsp3) is 0.571. The lowest BCUT2D eigenvalue weighted by atomic mass is 10.0. The molecule has 116 valence electrons. The molecule has 1 aliphatic rings. The van der Waals surface area contributed by atoms with E-state index in [-0.39, 0.29) is 30.8 Å². The summed E-state index contributed by atoms with van der Waals surface area (Å²) in [6.07, 6.45) is 2.73. The molecule has 2 heterocycles. The van der Waals surface area contributed by atoms with Crippen molar-refractivity contribution in [2.45, 2.75) is 38.8 Å². The van der Waals surface area contributed by atoms with Crippen molar-refractivity contribution >= 4 is 12.0 Å². The highest BCUT2D eigenvalue weighted by molar-refractivity contribution is 5.88. The van der Waals surface area contributed by atoms with Crippen molar-refractivity contribution in [1.29, 1.82) is 0 Å². The fourth-order valence-corrected chi connectivity index (χ4v) is 2.57. The number of rotatable bonds is 4. The molecule has 0 spiro atoms. The maximum Gasteiger partial charge on any atom is 0.339 e. The van der Waals surface area contributed by atoms with E-state index in [1.807, 2.05) is 0 Å². The van der Waals surface area contributed by atoms with Crippen LogP contribution in [-0.2, 0) is 6.54 Å². The van der Waals surface area contributed by atoms with E-state index in [4.69, 9.17) is 9.52 Å². The number of carbonyl (C=O) groups is 2. The van der Waals surface area contributed by atoms with E-state index in [1.165, 1.54) is 6.07 Å². The summed E-state index contributed by atoms with van der Waals surface area (Å²) in [7, 11) is 0. The molecule has 0 bridgehead atoms. The number of hydrogen-bond acceptors (Lipinski definition) is 4. The molecule has 1 saturated heterocycles. The number of aromatic carboxylic acids is 1. The Balaban J connectivity index is 1.94. The van der Waals surface area contributed by atoms with E-state index in [0.717, 1.165) is 19.3 Å². The maximum atomic E-state index is 12.1. The van der Waals surface area contributed by atoms with Crippen molar-refractivity contribution in [3.63, 3.8) is 0 Å². The lowest BCUT2D eigenvalue weighted by molar-refractivity contribution is 0.0695. The molecule has 1 aromatic heterocycles. The number of aliphatic hydroxyl groups excluding tert-OH is 1. The summed E-state index contributed by atoms with van der Waals surface area (Å²) in [4.78, 5) is 24.7. The molecule has 0 aliphatic carbocycles. The summed E-state index contributed by atoms with van der Waals surface area (Å²) in [5.41, 5.74) is 0.102. The van der Waals surface area contributed by atoms with Crippen LogP contribution in [0.15, 0.2) is 10.5 Å². The average molecular weight is 296 g/mol. The predicted molar refractivity (Wildman–Crippen MR) is 74.1 cm³/mol. The van der Waals surface area contributed by atoms with E-state index < -0.39 is 5.97 Å². The smallest absolute Gasteiger partial charge is 0.339 e. The third kappa shape index (κ3) is 3.55. The summed E-state index contributed by atoms with van der Waals surface area (Å²) in [6, 6.07) is 1.00. The molecular formula is C14H20N2O5. The van der Waals surface area contributed by atoms with Gasteiger partial charge in [0, 0.05) is 6.54 Å². The van der Waals surface area contributed by atoms with E-state index in [9.17, 15) is 14.7 Å². The minimum atomic E-state index is -1.05. The van der Waals surface area contributed by atoms with E-state index in [1.54, 1.807) is 11.8 Å². The maximum absolute atomic E-state index is 12.1. The van der Waals surface area contributed by atoms with Crippen LogP contribution in [0.1, 0.15) is 41.1 Å². The zero-order valence-corrected chi connectivity index (χ0v) is 12.0. The van der Waals surface area contributed by atoms with Crippen LogP contribution in [0, 0.1) is 6.92 Å². The lowest BCUT2D eigenvalue weighted by Crippen LogP contribution is -2.49. The van der Waals surface area contributed by atoms with Crippen molar-refractivity contribution in [3.8, 4) is 0 Å². The third-order valence-corrected chi connectivity index (χ3v) is 3.71. The first kappa shape index (κ1) is 15.4. The first-order chi connectivity index (χ1) is 10.0. The van der Waals surface area contributed by atoms with Crippen LogP contribution in [0.3, 0.4) is 0 Å². The molecule has 7 nitrogen and oxygen atoms in total. The van der Waals surface area contributed by atoms with Gasteiger partial charge in [-0.05, 0) is 32.3 Å². The van der Waals surface area contributed by atoms with Gasteiger partial charge in [0.1, 0.15) is 17.1 Å². The summed E-state index contributed by atoms with van der Waals surface area (Å²) in [6.45, 7) is 2.27. The molecule has 2 rings (SSSR count). The number of urea groups is 1. The Kier molecular flexibility index (Phi) is 4.85. The number of nitrogens with one attached hydrogen (secondary N) is 1. The molecule has 0 aromatic carbocycles. The Morgan fingerprint density at radius 2 is 2.24 bits per heavy atom. The first-order valence-corrected chi connectivity index (χ1v) is 7.01. The van der Waals surface area contributed by atoms with Crippen LogP contribution in [0.25, 0.3) is 0 Å². The molecule has 1 unspecified atom stereocenters. The predicted octanol–water partition coefficient (Wildman–Crippen LogP) is 1.34. The van der Waals surface area contributed by atoms with Gasteiger partial charge in [-0.15, -0.1) is 0 Å². The average Bonchev–Trinajstić information content (AvgIpc) is 2.86. The number of hydrogen-bond donors (Lipinski definition) is 3. The Labute approximate surface area is 122 Å². The highest BCUT2D eigenvalue weighted by Crippen LogP contribution is 2.17. The van der Waals surface area contributed by atoms with E-state index in [2.05, 4.69) is 5.32 Å². The van der Waals surface area contributed by atoms with Gasteiger partial charge in [0.25, 0.3) is 0 Å². The molecule has 2 amide bonds. The molecule has 3 N–H and O–H groups in total. The van der Waals surface area contributed by atoms with Gasteiger partial charge in [0.15, 0.2) is 0 Å². The Morgan fingerprint density at radius 3 is 2.86 bits per heavy atom. The van der Waals surface area contributed by atoms with Gasteiger partial charge in [-0.3, -0.25) is 0 Å². The van der Waals surface area contributed by atoms with Gasteiger partial charge < -0.3 is 24.8 Å². The van der Waals surface area contributed by atoms with Crippen LogP contribution in [-0.4, -0.2) is 46.3 Å². The molecule has 1 aromatic rings. The second-order valence-corrected chi connectivity index (χ2v) is 5.17.